The molecule has 0 aliphatic rings. The van der Waals surface area contributed by atoms with Crippen LogP contribution >= 0.6 is 11.8 Å². The van der Waals surface area contributed by atoms with Crippen LogP contribution in [-0.4, -0.2) is 11.7 Å². The van der Waals surface area contributed by atoms with E-state index in [1.807, 2.05) is 0 Å². The molecular formula is C18H14F7NOS. The highest BCUT2D eigenvalue weighted by molar-refractivity contribution is 7.99. The molecule has 0 atom stereocenters. The van der Waals surface area contributed by atoms with Crippen LogP contribution in [0, 0.1) is 46.1 Å². The van der Waals surface area contributed by atoms with Gasteiger partial charge in [-0.15, -0.1) is 11.8 Å². The summed E-state index contributed by atoms with van der Waals surface area (Å²) in [5, 5.41) is 2.10. The summed E-state index contributed by atoms with van der Waals surface area (Å²) in [5.41, 5.74) is -2.41. The summed E-state index contributed by atoms with van der Waals surface area (Å²) < 4.78 is 93.5. The Balaban J connectivity index is 2.09. The van der Waals surface area contributed by atoms with Crippen molar-refractivity contribution < 1.29 is 35.5 Å². The number of carbonyl (C=O) groups is 1. The third kappa shape index (κ3) is 4.60. The molecule has 0 unspecified atom stereocenters. The van der Waals surface area contributed by atoms with Crippen LogP contribution in [0.5, 0.6) is 0 Å². The minimum Gasteiger partial charge on any atom is -0.351 e. The van der Waals surface area contributed by atoms with Crippen LogP contribution in [0.15, 0.2) is 23.1 Å². The number of hydrogen-bond donors (Lipinski definition) is 1. The molecule has 0 aromatic heterocycles. The summed E-state index contributed by atoms with van der Waals surface area (Å²) in [6.07, 6.45) is 0. The summed E-state index contributed by atoms with van der Waals surface area (Å²) in [7, 11) is 0. The highest BCUT2D eigenvalue weighted by Gasteiger charge is 2.30. The molecule has 0 heterocycles. The van der Waals surface area contributed by atoms with Crippen molar-refractivity contribution in [2.45, 2.75) is 25.3 Å². The molecule has 2 aromatic carbocycles. The lowest BCUT2D eigenvalue weighted by atomic mass is 9.95. The Morgan fingerprint density at radius 3 is 2.04 bits per heavy atom. The van der Waals surface area contributed by atoms with Crippen molar-refractivity contribution in [3.05, 3.63) is 64.5 Å². The van der Waals surface area contributed by atoms with Crippen LogP contribution in [0.25, 0.3) is 0 Å². The highest BCUT2D eigenvalue weighted by Crippen LogP contribution is 2.30. The Kier molecular flexibility index (Phi) is 6.63. The van der Waals surface area contributed by atoms with E-state index in [0.29, 0.717) is 0 Å². The van der Waals surface area contributed by atoms with Gasteiger partial charge in [0.2, 0.25) is 11.7 Å². The molecule has 0 aliphatic carbocycles. The van der Waals surface area contributed by atoms with E-state index in [0.717, 1.165) is 30.0 Å². The van der Waals surface area contributed by atoms with Crippen molar-refractivity contribution in [1.29, 1.82) is 0 Å². The summed E-state index contributed by atoms with van der Waals surface area (Å²) in [6, 6.07) is 2.80. The van der Waals surface area contributed by atoms with E-state index in [4.69, 9.17) is 0 Å². The zero-order valence-electron chi connectivity index (χ0n) is 14.6. The van der Waals surface area contributed by atoms with Gasteiger partial charge in [-0.1, -0.05) is 13.8 Å². The van der Waals surface area contributed by atoms with E-state index in [9.17, 15) is 35.5 Å². The van der Waals surface area contributed by atoms with Crippen molar-refractivity contribution in [3.63, 3.8) is 0 Å². The molecule has 0 fully saturated rings. The molecule has 10 heteroatoms. The standard InChI is InChI=1S/C18H14F7NOS/c1-18(2,7-28-11-5-8(19)3-4-10(11)20)17(27)26-6-9-12(21)14(23)16(25)15(24)13(9)22/h3-5H,6-7H2,1-2H3,(H,26,27). The SMILES string of the molecule is CC(C)(CSc1cc(F)ccc1F)C(=O)NCc1c(F)c(F)c(F)c(F)c1F. The number of nitrogens with one attached hydrogen (secondary N) is 1. The van der Waals surface area contributed by atoms with Crippen LogP contribution in [0.1, 0.15) is 19.4 Å². The van der Waals surface area contributed by atoms with Crippen molar-refractivity contribution >= 4 is 17.7 Å². The molecule has 0 saturated carbocycles. The molecule has 152 valence electrons. The quantitative estimate of drug-likeness (QED) is 0.302. The Hall–Kier alpha value is -2.23. The second-order valence-electron chi connectivity index (χ2n) is 6.48. The Bertz CT molecular complexity index is 888. The van der Waals surface area contributed by atoms with E-state index < -0.39 is 64.2 Å². The minimum atomic E-state index is -2.29. The third-order valence-corrected chi connectivity index (χ3v) is 5.31. The molecule has 0 aliphatic heterocycles. The van der Waals surface area contributed by atoms with Crippen LogP contribution in [-0.2, 0) is 11.3 Å². The van der Waals surface area contributed by atoms with Gasteiger partial charge in [-0.05, 0) is 18.2 Å². The fraction of sp³-hybridized carbons (Fsp3) is 0.278. The molecule has 0 spiro atoms. The fourth-order valence-corrected chi connectivity index (χ4v) is 3.17. The molecule has 0 radical (unpaired) electrons. The van der Waals surface area contributed by atoms with Gasteiger partial charge in [0.25, 0.3) is 0 Å². The summed E-state index contributed by atoms with van der Waals surface area (Å²) in [5.74, 6) is -12.8. The number of halogens is 7. The van der Waals surface area contributed by atoms with Crippen molar-refractivity contribution in [3.8, 4) is 0 Å². The minimum absolute atomic E-state index is 0.0411. The molecule has 0 bridgehead atoms. The van der Waals surface area contributed by atoms with E-state index in [1.54, 1.807) is 0 Å². The van der Waals surface area contributed by atoms with Gasteiger partial charge in [-0.2, -0.15) is 0 Å². The lowest BCUT2D eigenvalue weighted by Crippen LogP contribution is -2.38. The second kappa shape index (κ2) is 8.42. The summed E-state index contributed by atoms with van der Waals surface area (Å²) in [4.78, 5) is 12.2. The van der Waals surface area contributed by atoms with E-state index in [-0.39, 0.29) is 10.6 Å². The fourth-order valence-electron chi connectivity index (χ4n) is 2.13. The van der Waals surface area contributed by atoms with E-state index in [1.165, 1.54) is 13.8 Å². The molecule has 2 nitrogen and oxygen atoms in total. The van der Waals surface area contributed by atoms with Crippen LogP contribution in [0.3, 0.4) is 0 Å². The highest BCUT2D eigenvalue weighted by atomic mass is 32.2. The molecule has 2 aromatic rings. The molecule has 1 N–H and O–H groups in total. The average Bonchev–Trinajstić information content (AvgIpc) is 2.65. The number of amides is 1. The van der Waals surface area contributed by atoms with Crippen molar-refractivity contribution in [1.82, 2.24) is 5.32 Å². The van der Waals surface area contributed by atoms with Crippen molar-refractivity contribution in [2.24, 2.45) is 5.41 Å². The molecular weight excluding hydrogens is 411 g/mol. The maximum Gasteiger partial charge on any atom is 0.226 e. The zero-order valence-corrected chi connectivity index (χ0v) is 15.4. The second-order valence-corrected chi connectivity index (χ2v) is 7.50. The molecule has 0 saturated heterocycles. The van der Waals surface area contributed by atoms with E-state index >= 15 is 0 Å². The van der Waals surface area contributed by atoms with Gasteiger partial charge in [0.1, 0.15) is 11.6 Å². The van der Waals surface area contributed by atoms with Gasteiger partial charge < -0.3 is 5.32 Å². The summed E-state index contributed by atoms with van der Waals surface area (Å²) in [6.45, 7) is 1.91. The first-order valence-corrected chi connectivity index (χ1v) is 8.80. The average molecular weight is 425 g/mol. The van der Waals surface area contributed by atoms with Gasteiger partial charge in [0, 0.05) is 22.8 Å². The smallest absolute Gasteiger partial charge is 0.226 e. The lowest BCUT2D eigenvalue weighted by molar-refractivity contribution is -0.128. The van der Waals surface area contributed by atoms with Gasteiger partial charge in [-0.3, -0.25) is 4.79 Å². The van der Waals surface area contributed by atoms with Crippen LogP contribution < -0.4 is 5.32 Å². The number of hydrogen-bond acceptors (Lipinski definition) is 2. The van der Waals surface area contributed by atoms with Crippen LogP contribution in [0.2, 0.25) is 0 Å². The largest absolute Gasteiger partial charge is 0.351 e. The predicted molar refractivity (Wildman–Crippen MR) is 88.9 cm³/mol. The molecule has 28 heavy (non-hydrogen) atoms. The Labute approximate surface area is 160 Å². The topological polar surface area (TPSA) is 29.1 Å². The Morgan fingerprint density at radius 1 is 0.929 bits per heavy atom. The molecule has 2 rings (SSSR count). The van der Waals surface area contributed by atoms with E-state index in [2.05, 4.69) is 5.32 Å². The maximum atomic E-state index is 13.6. The normalized spacial score (nSPS) is 11.6. The maximum absolute atomic E-state index is 13.6. The van der Waals surface area contributed by atoms with Crippen LogP contribution in [0.4, 0.5) is 30.7 Å². The predicted octanol–water partition coefficient (Wildman–Crippen LogP) is 5.10. The first-order chi connectivity index (χ1) is 13.0. The first kappa shape index (κ1) is 22.1. The van der Waals surface area contributed by atoms with Gasteiger partial charge in [0.05, 0.1) is 5.41 Å². The van der Waals surface area contributed by atoms with Gasteiger partial charge in [-0.25, -0.2) is 30.7 Å². The monoisotopic (exact) mass is 425 g/mol. The van der Waals surface area contributed by atoms with Gasteiger partial charge >= 0.3 is 0 Å². The van der Waals surface area contributed by atoms with Gasteiger partial charge in [0.15, 0.2) is 23.3 Å². The number of benzene rings is 2. The first-order valence-electron chi connectivity index (χ1n) is 7.82. The number of carbonyl (C=O) groups excluding carboxylic acids is 1. The lowest BCUT2D eigenvalue weighted by Gasteiger charge is -2.23. The number of rotatable bonds is 6. The molecule has 1 amide bonds. The summed E-state index contributed by atoms with van der Waals surface area (Å²) >= 11 is 0.838. The number of thioether (sulfide) groups is 1. The third-order valence-electron chi connectivity index (χ3n) is 3.82. The zero-order chi connectivity index (χ0) is 21.2. The Morgan fingerprint density at radius 2 is 1.46 bits per heavy atom. The van der Waals surface area contributed by atoms with Crippen molar-refractivity contribution in [2.75, 3.05) is 5.75 Å².